The minimum atomic E-state index is -0.133. The lowest BCUT2D eigenvalue weighted by molar-refractivity contribution is 0.205. The Bertz CT molecular complexity index is 3040. The van der Waals surface area contributed by atoms with E-state index in [2.05, 4.69) is 204 Å². The highest BCUT2D eigenvalue weighted by atomic mass is 15.4. The summed E-state index contributed by atoms with van der Waals surface area (Å²) in [6, 6.07) is 68.9. The van der Waals surface area contributed by atoms with Crippen molar-refractivity contribution in [2.75, 3.05) is 0 Å². The van der Waals surface area contributed by atoms with Gasteiger partial charge in [0.2, 0.25) is 0 Å². The number of rotatable bonds is 4. The van der Waals surface area contributed by atoms with Crippen molar-refractivity contribution in [2.45, 2.75) is 18.5 Å². The average Bonchev–Trinajstić information content (AvgIpc) is 3.25. The van der Waals surface area contributed by atoms with E-state index >= 15 is 0 Å². The Morgan fingerprint density at radius 2 is 0.741 bits per heavy atom. The van der Waals surface area contributed by atoms with E-state index in [4.69, 9.17) is 0 Å². The standard InChI is InChI=1S/C51H37N3/c1-2-14-35(15-3-1)49-52-50(54-51(53-49)48-42-21-11-7-17-38(42)31-46-40-19-9-5-13-33(40)27-29-44(46)48)36-24-22-34(23-25-36)47-41-20-10-6-16-37(41)30-45-39-18-8-4-12-32(39)26-28-43(45)47/h1-31,49-54H. The maximum atomic E-state index is 4.03. The van der Waals surface area contributed by atoms with Crippen LogP contribution in [0.3, 0.4) is 0 Å². The van der Waals surface area contributed by atoms with Gasteiger partial charge in [0, 0.05) is 0 Å². The second-order valence-corrected chi connectivity index (χ2v) is 14.6. The third-order valence-electron chi connectivity index (χ3n) is 11.5. The molecular weight excluding hydrogens is 655 g/mol. The summed E-state index contributed by atoms with van der Waals surface area (Å²) in [7, 11) is 0. The molecule has 11 rings (SSSR count). The molecule has 0 radical (unpaired) electrons. The van der Waals surface area contributed by atoms with Crippen molar-refractivity contribution in [3.05, 3.63) is 205 Å². The molecule has 0 amide bonds. The minimum Gasteiger partial charge on any atom is -0.279 e. The highest BCUT2D eigenvalue weighted by Crippen LogP contribution is 2.41. The van der Waals surface area contributed by atoms with E-state index in [1.807, 2.05) is 0 Å². The van der Waals surface area contributed by atoms with Crippen LogP contribution in [0.5, 0.6) is 0 Å². The molecule has 1 fully saturated rings. The van der Waals surface area contributed by atoms with E-state index in [-0.39, 0.29) is 18.5 Å². The number of hydrogen-bond acceptors (Lipinski definition) is 3. The Hall–Kier alpha value is -6.36. The van der Waals surface area contributed by atoms with E-state index in [1.165, 1.54) is 92.5 Å². The van der Waals surface area contributed by atoms with E-state index in [9.17, 15) is 0 Å². The van der Waals surface area contributed by atoms with E-state index in [1.54, 1.807) is 0 Å². The molecule has 0 bridgehead atoms. The molecule has 1 aliphatic rings. The fraction of sp³-hybridized carbons (Fsp3) is 0.0588. The quantitative estimate of drug-likeness (QED) is 0.127. The highest BCUT2D eigenvalue weighted by molar-refractivity contribution is 6.20. The highest BCUT2D eigenvalue weighted by Gasteiger charge is 2.31. The van der Waals surface area contributed by atoms with Crippen LogP contribution in [0, 0.1) is 0 Å². The van der Waals surface area contributed by atoms with Crippen LogP contribution in [-0.4, -0.2) is 0 Å². The zero-order chi connectivity index (χ0) is 35.6. The Morgan fingerprint density at radius 3 is 1.39 bits per heavy atom. The summed E-state index contributed by atoms with van der Waals surface area (Å²) < 4.78 is 0. The zero-order valence-electron chi connectivity index (χ0n) is 29.6. The molecule has 3 nitrogen and oxygen atoms in total. The molecule has 1 saturated heterocycles. The first kappa shape index (κ1) is 31.2. The van der Waals surface area contributed by atoms with Crippen molar-refractivity contribution in [2.24, 2.45) is 0 Å². The molecule has 0 spiro atoms. The van der Waals surface area contributed by atoms with Gasteiger partial charge in [-0.05, 0) is 105 Å². The second kappa shape index (κ2) is 12.6. The molecule has 10 aromatic rings. The van der Waals surface area contributed by atoms with Crippen molar-refractivity contribution in [3.8, 4) is 11.1 Å². The van der Waals surface area contributed by atoms with Crippen LogP contribution in [0.4, 0.5) is 0 Å². The normalized spacial score (nSPS) is 17.6. The van der Waals surface area contributed by atoms with Gasteiger partial charge >= 0.3 is 0 Å². The van der Waals surface area contributed by atoms with Crippen LogP contribution < -0.4 is 16.0 Å². The first-order chi connectivity index (χ1) is 26.8. The molecule has 54 heavy (non-hydrogen) atoms. The smallest absolute Gasteiger partial charge is 0.0876 e. The molecule has 3 unspecified atom stereocenters. The summed E-state index contributed by atoms with van der Waals surface area (Å²) >= 11 is 0. The van der Waals surface area contributed by atoms with Gasteiger partial charge in [-0.2, -0.15) is 0 Å². The second-order valence-electron chi connectivity index (χ2n) is 14.6. The molecule has 3 N–H and O–H groups in total. The van der Waals surface area contributed by atoms with E-state index in [0.717, 1.165) is 0 Å². The maximum Gasteiger partial charge on any atom is 0.0876 e. The van der Waals surface area contributed by atoms with Crippen molar-refractivity contribution in [3.63, 3.8) is 0 Å². The predicted molar refractivity (Wildman–Crippen MR) is 227 cm³/mol. The van der Waals surface area contributed by atoms with Crippen LogP contribution in [0.1, 0.15) is 35.2 Å². The van der Waals surface area contributed by atoms with Crippen molar-refractivity contribution >= 4 is 64.6 Å². The summed E-state index contributed by atoms with van der Waals surface area (Å²) in [6.07, 6.45) is -0.323. The van der Waals surface area contributed by atoms with Gasteiger partial charge in [-0.25, -0.2) is 0 Å². The molecule has 3 heteroatoms. The molecule has 0 aromatic heterocycles. The summed E-state index contributed by atoms with van der Waals surface area (Å²) in [5, 5.41) is 27.1. The average molecular weight is 692 g/mol. The molecule has 1 aliphatic heterocycles. The summed E-state index contributed by atoms with van der Waals surface area (Å²) in [5.41, 5.74) is 6.16. The Morgan fingerprint density at radius 1 is 0.278 bits per heavy atom. The van der Waals surface area contributed by atoms with Gasteiger partial charge in [0.1, 0.15) is 0 Å². The molecule has 256 valence electrons. The fourth-order valence-corrected chi connectivity index (χ4v) is 8.98. The van der Waals surface area contributed by atoms with Crippen molar-refractivity contribution < 1.29 is 0 Å². The van der Waals surface area contributed by atoms with Gasteiger partial charge in [0.05, 0.1) is 18.5 Å². The topological polar surface area (TPSA) is 36.1 Å². The Labute approximate surface area is 313 Å². The monoisotopic (exact) mass is 691 g/mol. The maximum absolute atomic E-state index is 4.03. The molecule has 0 aliphatic carbocycles. The van der Waals surface area contributed by atoms with Crippen LogP contribution in [0.25, 0.3) is 75.8 Å². The summed E-state index contributed by atoms with van der Waals surface area (Å²) in [5.74, 6) is 0. The van der Waals surface area contributed by atoms with E-state index in [0.29, 0.717) is 0 Å². The van der Waals surface area contributed by atoms with Crippen molar-refractivity contribution in [1.82, 2.24) is 16.0 Å². The SMILES string of the molecule is c1ccc(C2NC(c3ccc(-c4c5ccccc5cc5c4ccc4ccccc45)cc3)NC(c3c4ccccc4cc4c3ccc3ccccc34)N2)cc1. The molecule has 0 saturated carbocycles. The van der Waals surface area contributed by atoms with Crippen LogP contribution in [0.15, 0.2) is 188 Å². The van der Waals surface area contributed by atoms with Gasteiger partial charge in [-0.3, -0.25) is 16.0 Å². The molecule has 1 heterocycles. The third-order valence-corrected chi connectivity index (χ3v) is 11.5. The van der Waals surface area contributed by atoms with Gasteiger partial charge in [0.15, 0.2) is 0 Å². The van der Waals surface area contributed by atoms with Gasteiger partial charge in [0.25, 0.3) is 0 Å². The number of fused-ring (bicyclic) bond motifs is 8. The van der Waals surface area contributed by atoms with Crippen LogP contribution in [-0.2, 0) is 0 Å². The zero-order valence-corrected chi connectivity index (χ0v) is 29.6. The minimum absolute atomic E-state index is 0.0770. The first-order valence-electron chi connectivity index (χ1n) is 18.9. The van der Waals surface area contributed by atoms with Gasteiger partial charge < -0.3 is 0 Å². The van der Waals surface area contributed by atoms with Crippen LogP contribution >= 0.6 is 0 Å². The predicted octanol–water partition coefficient (Wildman–Crippen LogP) is 12.5. The first-order valence-corrected chi connectivity index (χ1v) is 18.9. The number of benzene rings is 10. The summed E-state index contributed by atoms with van der Waals surface area (Å²) in [4.78, 5) is 0. The van der Waals surface area contributed by atoms with Crippen LogP contribution in [0.2, 0.25) is 0 Å². The lowest BCUT2D eigenvalue weighted by atomic mass is 9.89. The number of hydrogen-bond donors (Lipinski definition) is 3. The van der Waals surface area contributed by atoms with E-state index < -0.39 is 0 Å². The molecule has 3 atom stereocenters. The van der Waals surface area contributed by atoms with Gasteiger partial charge in [-0.15, -0.1) is 0 Å². The Kier molecular flexibility index (Phi) is 7.31. The largest absolute Gasteiger partial charge is 0.279 e. The van der Waals surface area contributed by atoms with Crippen molar-refractivity contribution in [1.29, 1.82) is 0 Å². The molecule has 10 aromatic carbocycles. The lowest BCUT2D eigenvalue weighted by Gasteiger charge is -2.40. The molecular formula is C51H37N3. The van der Waals surface area contributed by atoms with Gasteiger partial charge in [-0.1, -0.05) is 176 Å². The third kappa shape index (κ3) is 5.09. The number of nitrogens with one attached hydrogen (secondary N) is 3. The lowest BCUT2D eigenvalue weighted by Crippen LogP contribution is -2.54. The fourth-order valence-electron chi connectivity index (χ4n) is 8.98. The summed E-state index contributed by atoms with van der Waals surface area (Å²) in [6.45, 7) is 0. The Balaban J connectivity index is 1.05.